The van der Waals surface area contributed by atoms with Crippen LogP contribution in [0.2, 0.25) is 0 Å². The Bertz CT molecular complexity index is 757. The van der Waals surface area contributed by atoms with Crippen LogP contribution in [0.25, 0.3) is 0 Å². The van der Waals surface area contributed by atoms with Crippen molar-refractivity contribution in [2.75, 3.05) is 19.0 Å². The van der Waals surface area contributed by atoms with Gasteiger partial charge in [-0.05, 0) is 49.7 Å². The number of methoxy groups -OCH3 is 1. The maximum atomic E-state index is 12.3. The zero-order valence-electron chi connectivity index (χ0n) is 15.9. The van der Waals surface area contributed by atoms with Crippen molar-refractivity contribution in [1.82, 2.24) is 0 Å². The number of anilines is 1. The number of rotatable bonds is 9. The van der Waals surface area contributed by atoms with Crippen molar-refractivity contribution < 1.29 is 23.8 Å². The largest absolute Gasteiger partial charge is 0.493 e. The molecule has 1 atom stereocenters. The molecule has 27 heavy (non-hydrogen) atoms. The van der Waals surface area contributed by atoms with Crippen LogP contribution in [0, 0.1) is 0 Å². The molecule has 2 rings (SSSR count). The van der Waals surface area contributed by atoms with Crippen LogP contribution in [0.3, 0.4) is 0 Å². The molecule has 0 fully saturated rings. The third-order valence-electron chi connectivity index (χ3n) is 3.86. The molecule has 0 saturated heterocycles. The van der Waals surface area contributed by atoms with Gasteiger partial charge >= 0.3 is 5.97 Å². The number of carbonyl (C=O) groups excluding carboxylic acids is 2. The van der Waals surface area contributed by atoms with Crippen LogP contribution in [0.5, 0.6) is 11.5 Å². The molecule has 0 aliphatic rings. The fourth-order valence-electron chi connectivity index (χ4n) is 2.29. The second-order valence-corrected chi connectivity index (χ2v) is 5.97. The Morgan fingerprint density at radius 1 is 1.04 bits per heavy atom. The monoisotopic (exact) mass is 371 g/mol. The number of amides is 1. The van der Waals surface area contributed by atoms with Gasteiger partial charge in [0.25, 0.3) is 5.91 Å². The first-order chi connectivity index (χ1) is 13.0. The molecule has 0 aliphatic heterocycles. The van der Waals surface area contributed by atoms with E-state index in [-0.39, 0.29) is 11.9 Å². The summed E-state index contributed by atoms with van der Waals surface area (Å²) in [5.74, 6) is 0.379. The van der Waals surface area contributed by atoms with Crippen molar-refractivity contribution in [3.63, 3.8) is 0 Å². The third kappa shape index (κ3) is 6.02. The minimum Gasteiger partial charge on any atom is -0.493 e. The van der Waals surface area contributed by atoms with Crippen LogP contribution in [0.4, 0.5) is 5.69 Å². The summed E-state index contributed by atoms with van der Waals surface area (Å²) in [6.45, 7) is 4.09. The lowest BCUT2D eigenvalue weighted by Gasteiger charge is -2.16. The third-order valence-corrected chi connectivity index (χ3v) is 3.86. The molecule has 0 bridgehead atoms. The van der Waals surface area contributed by atoms with E-state index in [1.807, 2.05) is 13.0 Å². The van der Waals surface area contributed by atoms with E-state index in [1.54, 1.807) is 56.5 Å². The van der Waals surface area contributed by atoms with Crippen molar-refractivity contribution in [2.45, 2.75) is 32.8 Å². The summed E-state index contributed by atoms with van der Waals surface area (Å²) in [5.41, 5.74) is 1.02. The minimum absolute atomic E-state index is 0.306. The highest BCUT2D eigenvalue weighted by atomic mass is 16.5. The molecule has 0 aliphatic carbocycles. The Kier molecular flexibility index (Phi) is 7.67. The van der Waals surface area contributed by atoms with Crippen molar-refractivity contribution in [1.29, 1.82) is 0 Å². The molecule has 0 heterocycles. The fraction of sp³-hybridized carbons (Fsp3) is 0.333. The standard InChI is InChI=1S/C21H25NO5/c1-4-5-14-26-21(24)16-10-12-17(13-11-16)22-20(23)15(2)27-19-9-7-6-8-18(19)25-3/h6-13,15H,4-5,14H2,1-3H3,(H,22,23)/t15-/m0/s1. The van der Waals surface area contributed by atoms with Gasteiger partial charge in [-0.15, -0.1) is 0 Å². The predicted octanol–water partition coefficient (Wildman–Crippen LogP) is 4.06. The number of ether oxygens (including phenoxy) is 3. The van der Waals surface area contributed by atoms with Gasteiger partial charge in [-0.25, -0.2) is 4.79 Å². The highest BCUT2D eigenvalue weighted by molar-refractivity contribution is 5.95. The molecule has 0 saturated carbocycles. The van der Waals surface area contributed by atoms with E-state index in [4.69, 9.17) is 14.2 Å². The molecule has 144 valence electrons. The van der Waals surface area contributed by atoms with Gasteiger partial charge in [-0.3, -0.25) is 4.79 Å². The van der Waals surface area contributed by atoms with Crippen molar-refractivity contribution >= 4 is 17.6 Å². The Hall–Kier alpha value is -3.02. The van der Waals surface area contributed by atoms with Gasteiger partial charge in [0.1, 0.15) is 0 Å². The lowest BCUT2D eigenvalue weighted by molar-refractivity contribution is -0.122. The highest BCUT2D eigenvalue weighted by Gasteiger charge is 2.17. The molecule has 1 N–H and O–H groups in total. The predicted molar refractivity (Wildman–Crippen MR) is 103 cm³/mol. The molecule has 0 unspecified atom stereocenters. The van der Waals surface area contributed by atoms with Gasteiger partial charge in [-0.2, -0.15) is 0 Å². The number of unbranched alkanes of at least 4 members (excludes halogenated alkanes) is 1. The van der Waals surface area contributed by atoms with E-state index in [0.717, 1.165) is 12.8 Å². The minimum atomic E-state index is -0.722. The van der Waals surface area contributed by atoms with Crippen LogP contribution < -0.4 is 14.8 Å². The summed E-state index contributed by atoms with van der Waals surface area (Å²) < 4.78 is 16.0. The number of carbonyl (C=O) groups is 2. The highest BCUT2D eigenvalue weighted by Crippen LogP contribution is 2.27. The van der Waals surface area contributed by atoms with Gasteiger partial charge in [0.2, 0.25) is 0 Å². The first kappa shape index (κ1) is 20.3. The second kappa shape index (κ2) is 10.2. The Morgan fingerprint density at radius 2 is 1.70 bits per heavy atom. The van der Waals surface area contributed by atoms with Gasteiger partial charge in [-0.1, -0.05) is 25.5 Å². The fourth-order valence-corrected chi connectivity index (χ4v) is 2.29. The molecule has 6 heteroatoms. The molecule has 6 nitrogen and oxygen atoms in total. The van der Waals surface area contributed by atoms with Crippen molar-refractivity contribution in [3.05, 3.63) is 54.1 Å². The maximum Gasteiger partial charge on any atom is 0.338 e. The number of esters is 1. The molecular formula is C21H25NO5. The van der Waals surface area contributed by atoms with E-state index in [9.17, 15) is 9.59 Å². The molecule has 0 spiro atoms. The summed E-state index contributed by atoms with van der Waals surface area (Å²) in [7, 11) is 1.54. The zero-order chi connectivity index (χ0) is 19.6. The second-order valence-electron chi connectivity index (χ2n) is 5.97. The molecular weight excluding hydrogens is 346 g/mol. The van der Waals surface area contributed by atoms with E-state index in [2.05, 4.69) is 5.32 Å². The lowest BCUT2D eigenvalue weighted by Crippen LogP contribution is -2.30. The van der Waals surface area contributed by atoms with Crippen LogP contribution in [0.15, 0.2) is 48.5 Å². The van der Waals surface area contributed by atoms with Gasteiger partial charge < -0.3 is 19.5 Å². The first-order valence-corrected chi connectivity index (χ1v) is 8.93. The molecule has 1 amide bonds. The van der Waals surface area contributed by atoms with Crippen molar-refractivity contribution in [2.24, 2.45) is 0 Å². The van der Waals surface area contributed by atoms with E-state index in [0.29, 0.717) is 29.4 Å². The summed E-state index contributed by atoms with van der Waals surface area (Å²) in [5, 5.41) is 2.76. The van der Waals surface area contributed by atoms with Crippen LogP contribution in [-0.2, 0) is 9.53 Å². The smallest absolute Gasteiger partial charge is 0.338 e. The normalized spacial score (nSPS) is 11.4. The summed E-state index contributed by atoms with van der Waals surface area (Å²) >= 11 is 0. The van der Waals surface area contributed by atoms with E-state index >= 15 is 0 Å². The zero-order valence-corrected chi connectivity index (χ0v) is 15.9. The summed E-state index contributed by atoms with van der Waals surface area (Å²) in [6, 6.07) is 13.7. The van der Waals surface area contributed by atoms with E-state index in [1.165, 1.54) is 0 Å². The Balaban J connectivity index is 1.92. The number of nitrogens with one attached hydrogen (secondary N) is 1. The van der Waals surface area contributed by atoms with Crippen LogP contribution in [-0.4, -0.2) is 31.7 Å². The van der Waals surface area contributed by atoms with Crippen LogP contribution in [0.1, 0.15) is 37.0 Å². The molecule has 2 aromatic rings. The number of para-hydroxylation sites is 2. The molecule has 2 aromatic carbocycles. The number of hydrogen-bond donors (Lipinski definition) is 1. The number of benzene rings is 2. The SMILES string of the molecule is CCCCOC(=O)c1ccc(NC(=O)[C@H](C)Oc2ccccc2OC)cc1. The van der Waals surface area contributed by atoms with Gasteiger partial charge in [0.05, 0.1) is 19.3 Å². The van der Waals surface area contributed by atoms with Crippen LogP contribution >= 0.6 is 0 Å². The Labute approximate surface area is 159 Å². The number of hydrogen-bond acceptors (Lipinski definition) is 5. The first-order valence-electron chi connectivity index (χ1n) is 8.93. The molecule has 0 aromatic heterocycles. The lowest BCUT2D eigenvalue weighted by atomic mass is 10.2. The molecule has 0 radical (unpaired) electrons. The Morgan fingerprint density at radius 3 is 2.33 bits per heavy atom. The quantitative estimate of drug-likeness (QED) is 0.531. The van der Waals surface area contributed by atoms with Gasteiger partial charge in [0, 0.05) is 5.69 Å². The summed E-state index contributed by atoms with van der Waals surface area (Å²) in [4.78, 5) is 24.2. The van der Waals surface area contributed by atoms with Crippen molar-refractivity contribution in [3.8, 4) is 11.5 Å². The average Bonchev–Trinajstić information content (AvgIpc) is 2.69. The topological polar surface area (TPSA) is 73.9 Å². The summed E-state index contributed by atoms with van der Waals surface area (Å²) in [6.07, 6.45) is 1.08. The maximum absolute atomic E-state index is 12.3. The average molecular weight is 371 g/mol. The van der Waals surface area contributed by atoms with E-state index < -0.39 is 6.10 Å². The van der Waals surface area contributed by atoms with Gasteiger partial charge in [0.15, 0.2) is 17.6 Å².